The zero-order chi connectivity index (χ0) is 13.3. The highest BCUT2D eigenvalue weighted by Crippen LogP contribution is 2.38. The summed E-state index contributed by atoms with van der Waals surface area (Å²) >= 11 is 0. The first-order valence-electron chi connectivity index (χ1n) is 7.49. The molecule has 5 heteroatoms. The minimum absolute atomic E-state index is 0.0371. The van der Waals surface area contributed by atoms with Crippen molar-refractivity contribution >= 4 is 11.8 Å². The predicted molar refractivity (Wildman–Crippen MR) is 71.5 cm³/mol. The van der Waals surface area contributed by atoms with E-state index in [1.807, 2.05) is 0 Å². The second-order valence-electron chi connectivity index (χ2n) is 6.30. The van der Waals surface area contributed by atoms with Crippen molar-refractivity contribution in [3.8, 4) is 0 Å². The first-order chi connectivity index (χ1) is 9.17. The normalized spacial score (nSPS) is 33.4. The summed E-state index contributed by atoms with van der Waals surface area (Å²) in [6.07, 6.45) is 7.06. The minimum atomic E-state index is -0.0371. The van der Waals surface area contributed by atoms with Gasteiger partial charge in [-0.2, -0.15) is 0 Å². The van der Waals surface area contributed by atoms with E-state index in [0.717, 1.165) is 19.4 Å². The zero-order valence-corrected chi connectivity index (χ0v) is 11.3. The van der Waals surface area contributed by atoms with E-state index in [2.05, 4.69) is 16.0 Å². The first-order valence-corrected chi connectivity index (χ1v) is 7.49. The number of nitrogens with one attached hydrogen (secondary N) is 3. The molecule has 0 aromatic heterocycles. The number of rotatable bonds is 2. The van der Waals surface area contributed by atoms with Gasteiger partial charge in [-0.3, -0.25) is 9.59 Å². The van der Waals surface area contributed by atoms with Crippen molar-refractivity contribution in [2.24, 2.45) is 5.92 Å². The van der Waals surface area contributed by atoms with Crippen molar-refractivity contribution in [2.75, 3.05) is 13.1 Å². The molecular weight excluding hydrogens is 242 g/mol. The molecule has 1 aliphatic carbocycles. The first kappa shape index (κ1) is 12.9. The number of amides is 2. The molecule has 0 aromatic rings. The Labute approximate surface area is 113 Å². The summed E-state index contributed by atoms with van der Waals surface area (Å²) in [5.41, 5.74) is 0.316. The van der Waals surface area contributed by atoms with Crippen LogP contribution in [0, 0.1) is 5.92 Å². The largest absolute Gasteiger partial charge is 0.355 e. The molecule has 2 atom stereocenters. The van der Waals surface area contributed by atoms with Crippen molar-refractivity contribution in [1.29, 1.82) is 0 Å². The van der Waals surface area contributed by atoms with Crippen LogP contribution in [0.25, 0.3) is 0 Å². The van der Waals surface area contributed by atoms with Crippen molar-refractivity contribution in [2.45, 2.75) is 56.5 Å². The Morgan fingerprint density at radius 1 is 1.32 bits per heavy atom. The number of hydrogen-bond donors (Lipinski definition) is 3. The van der Waals surface area contributed by atoms with E-state index in [0.29, 0.717) is 31.0 Å². The van der Waals surface area contributed by atoms with Crippen LogP contribution in [-0.2, 0) is 9.59 Å². The number of piperidine rings is 2. The van der Waals surface area contributed by atoms with Crippen molar-refractivity contribution in [3.05, 3.63) is 0 Å². The van der Waals surface area contributed by atoms with Gasteiger partial charge in [-0.25, -0.2) is 0 Å². The molecule has 2 saturated heterocycles. The number of carbonyl (C=O) groups excluding carboxylic acids is 2. The third-order valence-electron chi connectivity index (χ3n) is 4.92. The van der Waals surface area contributed by atoms with E-state index in [9.17, 15) is 9.59 Å². The van der Waals surface area contributed by atoms with Crippen LogP contribution in [0.1, 0.15) is 44.9 Å². The second-order valence-corrected chi connectivity index (χ2v) is 6.30. The maximum absolute atomic E-state index is 12.2. The minimum Gasteiger partial charge on any atom is -0.355 e. The lowest BCUT2D eigenvalue weighted by molar-refractivity contribution is -0.129. The van der Waals surface area contributed by atoms with Gasteiger partial charge in [0.1, 0.15) is 0 Å². The van der Waals surface area contributed by atoms with Gasteiger partial charge in [0.25, 0.3) is 0 Å². The van der Waals surface area contributed by atoms with Crippen LogP contribution in [0.15, 0.2) is 0 Å². The van der Waals surface area contributed by atoms with Crippen molar-refractivity contribution < 1.29 is 9.59 Å². The van der Waals surface area contributed by atoms with Gasteiger partial charge < -0.3 is 16.0 Å². The Hall–Kier alpha value is -1.10. The fraction of sp³-hybridized carbons (Fsp3) is 0.857. The van der Waals surface area contributed by atoms with Crippen LogP contribution in [0.5, 0.6) is 0 Å². The number of hydrogen-bond acceptors (Lipinski definition) is 3. The predicted octanol–water partition coefficient (Wildman–Crippen LogP) is 0.304. The molecular formula is C14H23N3O2. The van der Waals surface area contributed by atoms with Gasteiger partial charge >= 0.3 is 0 Å². The summed E-state index contributed by atoms with van der Waals surface area (Å²) < 4.78 is 0. The number of carbonyl (C=O) groups is 2. The lowest BCUT2D eigenvalue weighted by atomic mass is 9.70. The van der Waals surface area contributed by atoms with E-state index >= 15 is 0 Å². The molecule has 2 unspecified atom stereocenters. The van der Waals surface area contributed by atoms with E-state index < -0.39 is 0 Å². The van der Waals surface area contributed by atoms with Crippen molar-refractivity contribution in [3.63, 3.8) is 0 Å². The van der Waals surface area contributed by atoms with E-state index in [-0.39, 0.29) is 17.7 Å². The molecule has 2 aliphatic heterocycles. The van der Waals surface area contributed by atoms with E-state index in [1.165, 1.54) is 19.3 Å². The Morgan fingerprint density at radius 2 is 2.16 bits per heavy atom. The van der Waals surface area contributed by atoms with Crippen LogP contribution in [0.3, 0.4) is 0 Å². The summed E-state index contributed by atoms with van der Waals surface area (Å²) in [5.74, 6) is 0.158. The molecule has 0 bridgehead atoms. The van der Waals surface area contributed by atoms with Crippen molar-refractivity contribution in [1.82, 2.24) is 16.0 Å². The highest BCUT2D eigenvalue weighted by molar-refractivity contribution is 5.83. The van der Waals surface area contributed by atoms with Crippen LogP contribution >= 0.6 is 0 Å². The highest BCUT2D eigenvalue weighted by atomic mass is 16.2. The summed E-state index contributed by atoms with van der Waals surface area (Å²) in [7, 11) is 0. The molecule has 19 heavy (non-hydrogen) atoms. The summed E-state index contributed by atoms with van der Waals surface area (Å²) in [4.78, 5) is 23.3. The summed E-state index contributed by atoms with van der Waals surface area (Å²) in [6, 6.07) is 0.312. The SMILES string of the molecule is O=C1CCC(C(=O)NC2CCNC3(CCC3)C2)CN1. The quantitative estimate of drug-likeness (QED) is 0.673. The monoisotopic (exact) mass is 265 g/mol. The fourth-order valence-corrected chi connectivity index (χ4v) is 3.54. The molecule has 0 aromatic carbocycles. The smallest absolute Gasteiger partial charge is 0.225 e. The molecule has 0 radical (unpaired) electrons. The van der Waals surface area contributed by atoms with Gasteiger partial charge in [0.15, 0.2) is 0 Å². The molecule has 1 spiro atoms. The molecule has 2 amide bonds. The maximum Gasteiger partial charge on any atom is 0.225 e. The maximum atomic E-state index is 12.2. The molecule has 3 aliphatic rings. The van der Waals surface area contributed by atoms with Gasteiger partial charge in [-0.15, -0.1) is 0 Å². The molecule has 1 saturated carbocycles. The standard InChI is InChI=1S/C14H23N3O2/c18-12-3-2-10(9-15-12)13(19)17-11-4-7-16-14(8-11)5-1-6-14/h10-11,16H,1-9H2,(H,15,18)(H,17,19). The third kappa shape index (κ3) is 2.76. The molecule has 106 valence electrons. The Kier molecular flexibility index (Phi) is 3.48. The lowest BCUT2D eigenvalue weighted by Gasteiger charge is -2.48. The van der Waals surface area contributed by atoms with Crippen LogP contribution in [0.4, 0.5) is 0 Å². The van der Waals surface area contributed by atoms with E-state index in [4.69, 9.17) is 0 Å². The van der Waals surface area contributed by atoms with Gasteiger partial charge in [0.2, 0.25) is 11.8 Å². The van der Waals surface area contributed by atoms with Gasteiger partial charge in [-0.1, -0.05) is 0 Å². The lowest BCUT2D eigenvalue weighted by Crippen LogP contribution is -2.60. The molecule has 3 rings (SSSR count). The Morgan fingerprint density at radius 3 is 2.79 bits per heavy atom. The summed E-state index contributed by atoms with van der Waals surface area (Å²) in [6.45, 7) is 1.51. The average Bonchev–Trinajstić information content (AvgIpc) is 2.38. The molecule has 5 nitrogen and oxygen atoms in total. The molecule has 3 fully saturated rings. The van der Waals surface area contributed by atoms with Crippen LogP contribution < -0.4 is 16.0 Å². The van der Waals surface area contributed by atoms with E-state index in [1.54, 1.807) is 0 Å². The fourth-order valence-electron chi connectivity index (χ4n) is 3.54. The van der Waals surface area contributed by atoms with Gasteiger partial charge in [-0.05, 0) is 45.1 Å². The van der Waals surface area contributed by atoms with Gasteiger partial charge in [0, 0.05) is 24.5 Å². The Balaban J connectivity index is 1.50. The molecule has 3 N–H and O–H groups in total. The summed E-state index contributed by atoms with van der Waals surface area (Å²) in [5, 5.41) is 9.59. The zero-order valence-electron chi connectivity index (χ0n) is 11.3. The third-order valence-corrected chi connectivity index (χ3v) is 4.92. The molecule has 2 heterocycles. The topological polar surface area (TPSA) is 70.2 Å². The van der Waals surface area contributed by atoms with Gasteiger partial charge in [0.05, 0.1) is 5.92 Å². The van der Waals surface area contributed by atoms with Crippen LogP contribution in [0.2, 0.25) is 0 Å². The average molecular weight is 265 g/mol. The van der Waals surface area contributed by atoms with Crippen LogP contribution in [-0.4, -0.2) is 36.5 Å². The highest BCUT2D eigenvalue weighted by Gasteiger charge is 2.41. The second kappa shape index (κ2) is 5.12. The Bertz CT molecular complexity index is 369.